The molecule has 0 spiro atoms. The average molecular weight is 486 g/mol. The molecule has 35 heavy (non-hydrogen) atoms. The second-order valence-electron chi connectivity index (χ2n) is 8.68. The second kappa shape index (κ2) is 11.2. The van der Waals surface area contributed by atoms with Crippen molar-refractivity contribution >= 4 is 28.2 Å². The van der Waals surface area contributed by atoms with Gasteiger partial charge in [-0.05, 0) is 78.0 Å². The molecule has 6 heteroatoms. The van der Waals surface area contributed by atoms with Gasteiger partial charge in [-0.3, -0.25) is 4.79 Å². The van der Waals surface area contributed by atoms with Crippen LogP contribution in [0.25, 0.3) is 10.9 Å². The Morgan fingerprint density at radius 1 is 1.00 bits per heavy atom. The number of H-pyrrole nitrogens is 1. The van der Waals surface area contributed by atoms with Gasteiger partial charge in [-0.15, -0.1) is 0 Å². The van der Waals surface area contributed by atoms with Gasteiger partial charge in [0.2, 0.25) is 0 Å². The minimum Gasteiger partial charge on any atom is -0.497 e. The molecule has 0 aliphatic rings. The molecule has 0 saturated carbocycles. The average Bonchev–Trinajstić information content (AvgIpc) is 2.89. The number of nitrogens with one attached hydrogen (secondary N) is 2. The third-order valence-corrected chi connectivity index (χ3v) is 6.59. The van der Waals surface area contributed by atoms with Gasteiger partial charge < -0.3 is 19.9 Å². The fourth-order valence-corrected chi connectivity index (χ4v) is 4.40. The number of methoxy groups -OCH3 is 1. The van der Waals surface area contributed by atoms with Crippen LogP contribution in [0.3, 0.4) is 0 Å². The second-order valence-corrected chi connectivity index (χ2v) is 9.07. The highest BCUT2D eigenvalue weighted by molar-refractivity contribution is 7.80. The normalized spacial score (nSPS) is 11.7. The van der Waals surface area contributed by atoms with E-state index < -0.39 is 0 Å². The third kappa shape index (κ3) is 6.08. The zero-order valence-corrected chi connectivity index (χ0v) is 21.2. The number of hydrogen-bond donors (Lipinski definition) is 2. The van der Waals surface area contributed by atoms with Crippen LogP contribution >= 0.6 is 12.2 Å². The van der Waals surface area contributed by atoms with Crippen molar-refractivity contribution in [2.24, 2.45) is 0 Å². The predicted octanol–water partition coefficient (Wildman–Crippen LogP) is 5.74. The lowest BCUT2D eigenvalue weighted by atomic mass is 10.1. The van der Waals surface area contributed by atoms with E-state index in [2.05, 4.69) is 48.4 Å². The van der Waals surface area contributed by atoms with Crippen LogP contribution in [0, 0.1) is 0 Å². The van der Waals surface area contributed by atoms with Gasteiger partial charge in [-0.25, -0.2) is 0 Å². The fraction of sp³-hybridized carbons (Fsp3) is 0.241. The zero-order valence-electron chi connectivity index (χ0n) is 20.4. The number of benzene rings is 3. The monoisotopic (exact) mass is 485 g/mol. The van der Waals surface area contributed by atoms with Gasteiger partial charge in [0.15, 0.2) is 5.11 Å². The summed E-state index contributed by atoms with van der Waals surface area (Å²) in [6.07, 6.45) is 0.944. The number of ether oxygens (including phenoxy) is 1. The third-order valence-electron chi connectivity index (χ3n) is 6.21. The maximum atomic E-state index is 13.0. The summed E-state index contributed by atoms with van der Waals surface area (Å²) in [5, 5.41) is 5.08. The standard InChI is InChI=1S/C29H31N3O2S/c1-4-21-12-15-27-24(16-21)17-25(28(33)31-27)19-32(18-22-10-13-26(34-3)14-11-22)29(35)30-20(2)23-8-6-5-7-9-23/h5-17,20H,4,18-19H2,1-3H3,(H,30,35)(H,31,33)/t20-/m0/s1. The number of rotatable bonds is 8. The summed E-state index contributed by atoms with van der Waals surface area (Å²) in [5.74, 6) is 0.802. The molecule has 0 fully saturated rings. The topological polar surface area (TPSA) is 57.4 Å². The highest BCUT2D eigenvalue weighted by Gasteiger charge is 2.17. The molecule has 0 unspecified atom stereocenters. The van der Waals surface area contributed by atoms with Crippen LogP contribution in [-0.2, 0) is 19.5 Å². The first-order valence-electron chi connectivity index (χ1n) is 11.8. The summed E-state index contributed by atoms with van der Waals surface area (Å²) in [7, 11) is 1.65. The van der Waals surface area contributed by atoms with Crippen molar-refractivity contribution in [3.63, 3.8) is 0 Å². The van der Waals surface area contributed by atoms with E-state index in [4.69, 9.17) is 17.0 Å². The molecule has 1 atom stereocenters. The largest absolute Gasteiger partial charge is 0.497 e. The molecule has 2 N–H and O–H groups in total. The first-order chi connectivity index (χ1) is 17.0. The number of fused-ring (bicyclic) bond motifs is 1. The zero-order chi connectivity index (χ0) is 24.8. The number of nitrogens with zero attached hydrogens (tertiary/aromatic N) is 1. The summed E-state index contributed by atoms with van der Waals surface area (Å²) in [6.45, 7) is 5.16. The predicted molar refractivity (Wildman–Crippen MR) is 147 cm³/mol. The lowest BCUT2D eigenvalue weighted by molar-refractivity contribution is 0.390. The highest BCUT2D eigenvalue weighted by atomic mass is 32.1. The summed E-state index contributed by atoms with van der Waals surface area (Å²) in [4.78, 5) is 18.0. The van der Waals surface area contributed by atoms with E-state index in [1.165, 1.54) is 5.56 Å². The summed E-state index contributed by atoms with van der Waals surface area (Å²) in [5.41, 5.74) is 4.88. The fourth-order valence-electron chi connectivity index (χ4n) is 4.10. The van der Waals surface area contributed by atoms with Crippen LogP contribution in [0.4, 0.5) is 0 Å². The van der Waals surface area contributed by atoms with Crippen LogP contribution in [0.1, 0.15) is 42.1 Å². The maximum Gasteiger partial charge on any atom is 0.253 e. The molecule has 4 aromatic rings. The van der Waals surface area contributed by atoms with E-state index in [9.17, 15) is 4.79 Å². The maximum absolute atomic E-state index is 13.0. The smallest absolute Gasteiger partial charge is 0.253 e. The molecule has 5 nitrogen and oxygen atoms in total. The Kier molecular flexibility index (Phi) is 7.83. The first kappa shape index (κ1) is 24.5. The van der Waals surface area contributed by atoms with Gasteiger partial charge >= 0.3 is 0 Å². The van der Waals surface area contributed by atoms with Gasteiger partial charge in [0.1, 0.15) is 5.75 Å². The van der Waals surface area contributed by atoms with Crippen molar-refractivity contribution in [2.75, 3.05) is 7.11 Å². The number of aryl methyl sites for hydroxylation is 1. The molecule has 0 bridgehead atoms. The van der Waals surface area contributed by atoms with Crippen LogP contribution in [0.5, 0.6) is 5.75 Å². The number of aromatic amines is 1. The lowest BCUT2D eigenvalue weighted by Crippen LogP contribution is -2.41. The molecule has 180 valence electrons. The minimum atomic E-state index is -0.0969. The van der Waals surface area contributed by atoms with Crippen LogP contribution in [0.15, 0.2) is 83.7 Å². The van der Waals surface area contributed by atoms with Crippen molar-refractivity contribution in [2.45, 2.75) is 39.4 Å². The molecule has 0 aliphatic heterocycles. The number of pyridine rings is 1. The van der Waals surface area contributed by atoms with Gasteiger partial charge in [0, 0.05) is 17.6 Å². The van der Waals surface area contributed by atoms with Crippen LogP contribution in [-0.4, -0.2) is 22.1 Å². The van der Waals surface area contributed by atoms with Crippen molar-refractivity contribution in [1.82, 2.24) is 15.2 Å². The van der Waals surface area contributed by atoms with Crippen molar-refractivity contribution in [3.8, 4) is 5.75 Å². The van der Waals surface area contributed by atoms with Gasteiger partial charge in [0.05, 0.1) is 19.7 Å². The summed E-state index contributed by atoms with van der Waals surface area (Å²) in [6, 6.07) is 26.3. The van der Waals surface area contributed by atoms with E-state index in [1.54, 1.807) is 7.11 Å². The van der Waals surface area contributed by atoms with E-state index in [-0.39, 0.29) is 11.6 Å². The van der Waals surface area contributed by atoms with Crippen LogP contribution < -0.4 is 15.6 Å². The minimum absolute atomic E-state index is 0.0315. The summed E-state index contributed by atoms with van der Waals surface area (Å²) >= 11 is 5.86. The van der Waals surface area contributed by atoms with Crippen molar-refractivity contribution in [1.29, 1.82) is 0 Å². The molecule has 3 aromatic carbocycles. The highest BCUT2D eigenvalue weighted by Crippen LogP contribution is 2.19. The molecule has 1 aromatic heterocycles. The molecular formula is C29H31N3O2S. The van der Waals surface area contributed by atoms with E-state index in [0.29, 0.717) is 23.8 Å². The summed E-state index contributed by atoms with van der Waals surface area (Å²) < 4.78 is 5.30. The molecular weight excluding hydrogens is 454 g/mol. The molecule has 0 saturated heterocycles. The Labute approximate surface area is 211 Å². The molecule has 1 heterocycles. The van der Waals surface area contributed by atoms with Crippen LogP contribution in [0.2, 0.25) is 0 Å². The number of thiocarbonyl (C=S) groups is 1. The Morgan fingerprint density at radius 2 is 1.71 bits per heavy atom. The molecule has 0 amide bonds. The van der Waals surface area contributed by atoms with E-state index >= 15 is 0 Å². The Balaban J connectivity index is 1.63. The van der Waals surface area contributed by atoms with Gasteiger partial charge in [-0.1, -0.05) is 55.5 Å². The van der Waals surface area contributed by atoms with E-state index in [0.717, 1.165) is 34.2 Å². The number of hydrogen-bond acceptors (Lipinski definition) is 3. The quantitative estimate of drug-likeness (QED) is 0.312. The number of aromatic nitrogens is 1. The SMILES string of the molecule is CCc1ccc2[nH]c(=O)c(CN(Cc3ccc(OC)cc3)C(=S)N[C@@H](C)c3ccccc3)cc2c1. The Hall–Kier alpha value is -3.64. The van der Waals surface area contributed by atoms with Gasteiger partial charge in [0.25, 0.3) is 5.56 Å². The van der Waals surface area contributed by atoms with Gasteiger partial charge in [-0.2, -0.15) is 0 Å². The molecule has 0 aliphatic carbocycles. The van der Waals surface area contributed by atoms with E-state index in [1.807, 2.05) is 59.5 Å². The molecule has 4 rings (SSSR count). The Morgan fingerprint density at radius 3 is 2.40 bits per heavy atom. The van der Waals surface area contributed by atoms with Crippen molar-refractivity contribution in [3.05, 3.63) is 111 Å². The first-order valence-corrected chi connectivity index (χ1v) is 12.3. The molecule has 0 radical (unpaired) electrons. The Bertz CT molecular complexity index is 1350. The lowest BCUT2D eigenvalue weighted by Gasteiger charge is -2.28. The van der Waals surface area contributed by atoms with Crippen molar-refractivity contribution < 1.29 is 4.74 Å².